The van der Waals surface area contributed by atoms with Gasteiger partial charge in [0, 0.05) is 30.8 Å². The summed E-state index contributed by atoms with van der Waals surface area (Å²) >= 11 is 0. The quantitative estimate of drug-likeness (QED) is 0.112. The van der Waals surface area contributed by atoms with E-state index in [0.717, 1.165) is 102 Å². The van der Waals surface area contributed by atoms with Gasteiger partial charge in [0.15, 0.2) is 18.9 Å². The molecule has 0 amide bonds. The van der Waals surface area contributed by atoms with Crippen LogP contribution in [-0.4, -0.2) is 69.6 Å². The van der Waals surface area contributed by atoms with E-state index in [1.54, 1.807) is 0 Å². The molecule has 0 bridgehead atoms. The molecule has 3 unspecified atom stereocenters. The van der Waals surface area contributed by atoms with Gasteiger partial charge in [-0.05, 0) is 170 Å². The standard InChI is InChI=1S/C44H72O8/c1-6-46-42(45)30(3)15-13-14-29(2)33-19-20-34-41-35(28-37(44(33,34)5)52-40-18-9-12-25-49-40)43(4)22-21-32(50-38-16-7-10-23-47-38)26-31(43)27-36(41)51-39-17-8-11-24-48-39/h15,29,31-41H,6-14,16-28H2,1-5H3/b30-15+/t29-,31+,32-,33-,34+,35+,36-,37+,38?,39?,40?,41+,43+,44-/m1/s1. The molecule has 296 valence electrons. The molecular formula is C44H72O8. The minimum Gasteiger partial charge on any atom is -0.463 e. The molecule has 0 spiro atoms. The lowest BCUT2D eigenvalue weighted by Crippen LogP contribution is -2.64. The van der Waals surface area contributed by atoms with Crippen LogP contribution in [0.3, 0.4) is 0 Å². The van der Waals surface area contributed by atoms with Crippen LogP contribution in [-0.2, 0) is 38.0 Å². The maximum Gasteiger partial charge on any atom is 0.333 e. The number of esters is 1. The molecule has 7 rings (SSSR count). The lowest BCUT2D eigenvalue weighted by Gasteiger charge is -2.65. The Hall–Kier alpha value is -1.03. The van der Waals surface area contributed by atoms with Crippen molar-refractivity contribution in [3.63, 3.8) is 0 Å². The van der Waals surface area contributed by atoms with Gasteiger partial charge in [-0.1, -0.05) is 26.8 Å². The number of rotatable bonds is 12. The predicted molar refractivity (Wildman–Crippen MR) is 200 cm³/mol. The van der Waals surface area contributed by atoms with E-state index >= 15 is 0 Å². The summed E-state index contributed by atoms with van der Waals surface area (Å²) in [5, 5.41) is 0. The number of fused-ring (bicyclic) bond motifs is 5. The Labute approximate surface area is 315 Å². The summed E-state index contributed by atoms with van der Waals surface area (Å²) in [6.07, 6.45) is 22.5. The van der Waals surface area contributed by atoms with Gasteiger partial charge in [-0.2, -0.15) is 0 Å². The number of ether oxygens (including phenoxy) is 7. The van der Waals surface area contributed by atoms with Gasteiger partial charge in [0.25, 0.3) is 0 Å². The molecule has 0 aromatic rings. The lowest BCUT2D eigenvalue weighted by molar-refractivity contribution is -0.289. The van der Waals surface area contributed by atoms with Gasteiger partial charge in [0.2, 0.25) is 0 Å². The van der Waals surface area contributed by atoms with Crippen molar-refractivity contribution in [1.29, 1.82) is 0 Å². The third-order valence-corrected chi connectivity index (χ3v) is 15.5. The number of allylic oxidation sites excluding steroid dienone is 1. The normalized spacial score (nSPS) is 44.6. The zero-order valence-electron chi connectivity index (χ0n) is 33.3. The zero-order chi connectivity index (χ0) is 36.3. The summed E-state index contributed by atoms with van der Waals surface area (Å²) in [6, 6.07) is 0. The lowest BCUT2D eigenvalue weighted by atomic mass is 9.43. The third-order valence-electron chi connectivity index (χ3n) is 15.5. The highest BCUT2D eigenvalue weighted by molar-refractivity contribution is 5.87. The van der Waals surface area contributed by atoms with Gasteiger partial charge in [0.05, 0.1) is 24.9 Å². The van der Waals surface area contributed by atoms with Crippen molar-refractivity contribution >= 4 is 5.97 Å². The van der Waals surface area contributed by atoms with Crippen molar-refractivity contribution in [3.8, 4) is 0 Å². The minimum atomic E-state index is -0.192. The van der Waals surface area contributed by atoms with E-state index in [2.05, 4.69) is 26.8 Å². The van der Waals surface area contributed by atoms with Gasteiger partial charge in [-0.25, -0.2) is 4.79 Å². The molecule has 52 heavy (non-hydrogen) atoms. The highest BCUT2D eigenvalue weighted by atomic mass is 16.7. The van der Waals surface area contributed by atoms with Gasteiger partial charge in [-0.15, -0.1) is 0 Å². The van der Waals surface area contributed by atoms with Gasteiger partial charge < -0.3 is 33.2 Å². The average molecular weight is 729 g/mol. The number of hydrogen-bond donors (Lipinski definition) is 0. The highest BCUT2D eigenvalue weighted by Gasteiger charge is 2.67. The molecule has 7 aliphatic rings. The Morgan fingerprint density at radius 3 is 2.08 bits per heavy atom. The molecule has 14 atom stereocenters. The van der Waals surface area contributed by atoms with Crippen LogP contribution < -0.4 is 0 Å². The molecule has 8 heteroatoms. The largest absolute Gasteiger partial charge is 0.463 e. The second-order valence-electron chi connectivity index (χ2n) is 18.4. The topological polar surface area (TPSA) is 81.7 Å². The van der Waals surface area contributed by atoms with Crippen molar-refractivity contribution in [3.05, 3.63) is 11.6 Å². The highest BCUT2D eigenvalue weighted by Crippen LogP contribution is 2.69. The number of carbonyl (C=O) groups excluding carboxylic acids is 1. The Kier molecular flexibility index (Phi) is 13.1. The molecule has 4 saturated carbocycles. The van der Waals surface area contributed by atoms with Crippen molar-refractivity contribution < 1.29 is 38.0 Å². The van der Waals surface area contributed by atoms with Gasteiger partial charge >= 0.3 is 5.97 Å². The van der Waals surface area contributed by atoms with Crippen LogP contribution in [0.2, 0.25) is 0 Å². The van der Waals surface area contributed by atoms with Crippen LogP contribution in [0.15, 0.2) is 11.6 Å². The smallest absolute Gasteiger partial charge is 0.333 e. The van der Waals surface area contributed by atoms with Crippen LogP contribution >= 0.6 is 0 Å². The number of carbonyl (C=O) groups is 1. The molecule has 0 aromatic heterocycles. The number of hydrogen-bond acceptors (Lipinski definition) is 8. The van der Waals surface area contributed by atoms with Crippen LogP contribution in [0.4, 0.5) is 0 Å². The molecule has 3 saturated heterocycles. The minimum absolute atomic E-state index is 0.0259. The first-order valence-corrected chi connectivity index (χ1v) is 21.9. The van der Waals surface area contributed by atoms with Crippen LogP contribution in [0.25, 0.3) is 0 Å². The van der Waals surface area contributed by atoms with E-state index in [0.29, 0.717) is 42.1 Å². The predicted octanol–water partition coefficient (Wildman–Crippen LogP) is 9.53. The Bertz CT molecular complexity index is 1190. The molecule has 8 nitrogen and oxygen atoms in total. The van der Waals surface area contributed by atoms with Crippen molar-refractivity contribution in [1.82, 2.24) is 0 Å². The fourth-order valence-corrected chi connectivity index (χ4v) is 12.7. The van der Waals surface area contributed by atoms with Crippen molar-refractivity contribution in [2.75, 3.05) is 26.4 Å². The molecule has 3 heterocycles. The van der Waals surface area contributed by atoms with E-state index in [4.69, 9.17) is 33.2 Å². The van der Waals surface area contributed by atoms with Crippen LogP contribution in [0.1, 0.15) is 150 Å². The third kappa shape index (κ3) is 8.24. The Morgan fingerprint density at radius 1 is 0.788 bits per heavy atom. The summed E-state index contributed by atoms with van der Waals surface area (Å²) in [4.78, 5) is 12.3. The van der Waals surface area contributed by atoms with Crippen molar-refractivity contribution in [2.24, 2.45) is 46.3 Å². The molecular weight excluding hydrogens is 656 g/mol. The monoisotopic (exact) mass is 729 g/mol. The van der Waals surface area contributed by atoms with Gasteiger partial charge in [-0.3, -0.25) is 0 Å². The Morgan fingerprint density at radius 2 is 1.44 bits per heavy atom. The average Bonchev–Trinajstić information content (AvgIpc) is 3.52. The van der Waals surface area contributed by atoms with E-state index in [9.17, 15) is 4.79 Å². The molecule has 0 radical (unpaired) electrons. The summed E-state index contributed by atoms with van der Waals surface area (Å²) in [6.45, 7) is 14.3. The van der Waals surface area contributed by atoms with Crippen LogP contribution in [0.5, 0.6) is 0 Å². The van der Waals surface area contributed by atoms with Crippen molar-refractivity contribution in [2.45, 2.75) is 187 Å². The fourth-order valence-electron chi connectivity index (χ4n) is 12.7. The second-order valence-corrected chi connectivity index (χ2v) is 18.4. The molecule has 3 aliphatic heterocycles. The summed E-state index contributed by atoms with van der Waals surface area (Å²) < 4.78 is 45.2. The molecule has 0 aromatic carbocycles. The summed E-state index contributed by atoms with van der Waals surface area (Å²) in [5.74, 6) is 2.96. The first kappa shape index (κ1) is 39.2. The molecule has 4 aliphatic carbocycles. The van der Waals surface area contributed by atoms with Gasteiger partial charge in [0.1, 0.15) is 0 Å². The first-order valence-electron chi connectivity index (χ1n) is 21.9. The van der Waals surface area contributed by atoms with Crippen LogP contribution in [0, 0.1) is 46.3 Å². The second kappa shape index (κ2) is 17.4. The first-order chi connectivity index (χ1) is 25.2. The zero-order valence-corrected chi connectivity index (χ0v) is 33.3. The Balaban J connectivity index is 1.16. The summed E-state index contributed by atoms with van der Waals surface area (Å²) in [7, 11) is 0. The fraction of sp³-hybridized carbons (Fsp3) is 0.932. The van der Waals surface area contributed by atoms with E-state index in [-0.39, 0.29) is 54.0 Å². The van der Waals surface area contributed by atoms with E-state index in [1.807, 2.05) is 13.8 Å². The maximum atomic E-state index is 12.3. The summed E-state index contributed by atoms with van der Waals surface area (Å²) in [5.41, 5.74) is 0.973. The van der Waals surface area contributed by atoms with E-state index < -0.39 is 0 Å². The SMILES string of the molecule is CCOC(=O)/C(C)=C/CC[C@@H](C)[C@H]1CC[C@H]2[C@@H]3[C@H](OC4CCCCO4)C[C@@H]4C[C@H](OC5CCCCO5)CC[C@]4(C)[C@H]3C[C@H](OC3CCCCO3)[C@]12C. The van der Waals surface area contributed by atoms with E-state index in [1.165, 1.54) is 38.5 Å². The maximum absolute atomic E-state index is 12.3. The molecule has 7 fully saturated rings. The molecule has 0 N–H and O–H groups in total.